The van der Waals surface area contributed by atoms with Gasteiger partial charge in [0.15, 0.2) is 5.82 Å². The van der Waals surface area contributed by atoms with E-state index >= 15 is 0 Å². The highest BCUT2D eigenvalue weighted by Gasteiger charge is 2.31. The molecule has 8 heteroatoms. The van der Waals surface area contributed by atoms with Gasteiger partial charge in [-0.3, -0.25) is 14.9 Å². The topological polar surface area (TPSA) is 84.0 Å². The predicted molar refractivity (Wildman–Crippen MR) is 143 cm³/mol. The Morgan fingerprint density at radius 1 is 1.03 bits per heavy atom. The van der Waals surface area contributed by atoms with E-state index in [-0.39, 0.29) is 11.6 Å². The number of anilines is 2. The Balaban J connectivity index is 1.88. The van der Waals surface area contributed by atoms with E-state index in [1.165, 1.54) is 0 Å². The number of carbonyl (C=O) groups is 2. The molecule has 1 saturated heterocycles. The molecule has 2 amide bonds. The average Bonchev–Trinajstić information content (AvgIpc) is 3.42. The van der Waals surface area contributed by atoms with Crippen LogP contribution in [0.2, 0.25) is 0 Å². The summed E-state index contributed by atoms with van der Waals surface area (Å²) in [4.78, 5) is 38.9. The molecule has 1 radical (unpaired) electrons. The van der Waals surface area contributed by atoms with Gasteiger partial charge < -0.3 is 9.64 Å². The molecular weight excluding hydrogens is 468 g/mol. The van der Waals surface area contributed by atoms with Gasteiger partial charge in [-0.05, 0) is 44.7 Å². The zero-order valence-corrected chi connectivity index (χ0v) is 21.8. The molecule has 0 atom stereocenters. The zero-order valence-electron chi connectivity index (χ0n) is 21.8. The first-order valence-corrected chi connectivity index (χ1v) is 12.4. The fourth-order valence-corrected chi connectivity index (χ4v) is 4.28. The van der Waals surface area contributed by atoms with Crippen molar-refractivity contribution in [1.82, 2.24) is 9.88 Å². The SMILES string of the molecule is CON(Cc1ccccc1)c1n[c]c(NC(=O)OC(C)(C)C)c(C(=O)N2CCCC2)c1-c1ccccc1. The molecule has 2 heterocycles. The maximum atomic E-state index is 14.0. The fraction of sp³-hybridized carbons (Fsp3) is 0.345. The highest BCUT2D eigenvalue weighted by Crippen LogP contribution is 2.38. The molecule has 0 spiro atoms. The minimum absolute atomic E-state index is 0.171. The number of ether oxygens (including phenoxy) is 1. The van der Waals surface area contributed by atoms with Crippen LogP contribution in [0.3, 0.4) is 0 Å². The highest BCUT2D eigenvalue weighted by molar-refractivity contribution is 6.10. The molecule has 8 nitrogen and oxygen atoms in total. The van der Waals surface area contributed by atoms with Crippen LogP contribution in [0.4, 0.5) is 16.3 Å². The second kappa shape index (κ2) is 11.4. The van der Waals surface area contributed by atoms with E-state index in [0.29, 0.717) is 36.6 Å². The van der Waals surface area contributed by atoms with Crippen LogP contribution in [0.25, 0.3) is 11.1 Å². The summed E-state index contributed by atoms with van der Waals surface area (Å²) < 4.78 is 5.47. The van der Waals surface area contributed by atoms with Crippen molar-refractivity contribution >= 4 is 23.5 Å². The fourth-order valence-electron chi connectivity index (χ4n) is 4.28. The number of rotatable bonds is 7. The molecule has 0 unspecified atom stereocenters. The van der Waals surface area contributed by atoms with Gasteiger partial charge in [-0.15, -0.1) is 0 Å². The quantitative estimate of drug-likeness (QED) is 0.418. The van der Waals surface area contributed by atoms with E-state index < -0.39 is 11.7 Å². The van der Waals surface area contributed by atoms with E-state index in [1.807, 2.05) is 60.7 Å². The van der Waals surface area contributed by atoms with E-state index in [1.54, 1.807) is 37.8 Å². The summed E-state index contributed by atoms with van der Waals surface area (Å²) in [5.74, 6) is 0.230. The van der Waals surface area contributed by atoms with E-state index in [0.717, 1.165) is 24.0 Å². The minimum Gasteiger partial charge on any atom is -0.444 e. The van der Waals surface area contributed by atoms with Crippen LogP contribution in [-0.4, -0.2) is 47.7 Å². The van der Waals surface area contributed by atoms with Crippen LogP contribution in [0.1, 0.15) is 49.5 Å². The third kappa shape index (κ3) is 6.46. The van der Waals surface area contributed by atoms with Crippen LogP contribution >= 0.6 is 0 Å². The molecule has 3 aromatic rings. The van der Waals surface area contributed by atoms with E-state index in [4.69, 9.17) is 9.57 Å². The summed E-state index contributed by atoms with van der Waals surface area (Å²) >= 11 is 0. The molecule has 1 N–H and O–H groups in total. The third-order valence-corrected chi connectivity index (χ3v) is 5.92. The molecule has 1 aromatic heterocycles. The van der Waals surface area contributed by atoms with Crippen molar-refractivity contribution in [3.05, 3.63) is 78.0 Å². The first-order chi connectivity index (χ1) is 17.8. The van der Waals surface area contributed by atoms with Crippen LogP contribution < -0.4 is 10.4 Å². The summed E-state index contributed by atoms with van der Waals surface area (Å²) in [6, 6.07) is 19.4. The van der Waals surface area contributed by atoms with Crippen LogP contribution in [0.15, 0.2) is 60.7 Å². The number of nitrogens with zero attached hydrogens (tertiary/aromatic N) is 3. The van der Waals surface area contributed by atoms with Crippen molar-refractivity contribution in [2.45, 2.75) is 45.8 Å². The maximum absolute atomic E-state index is 14.0. The number of hydrogen-bond donors (Lipinski definition) is 1. The normalized spacial score (nSPS) is 13.4. The lowest BCUT2D eigenvalue weighted by atomic mass is 9.97. The van der Waals surface area contributed by atoms with Crippen molar-refractivity contribution in [3.8, 4) is 11.1 Å². The summed E-state index contributed by atoms with van der Waals surface area (Å²) in [5.41, 5.74) is 2.10. The van der Waals surface area contributed by atoms with Gasteiger partial charge in [-0.25, -0.2) is 14.8 Å². The van der Waals surface area contributed by atoms with Gasteiger partial charge in [0.25, 0.3) is 5.91 Å². The Morgan fingerprint density at radius 3 is 2.24 bits per heavy atom. The summed E-state index contributed by atoms with van der Waals surface area (Å²) in [6.07, 6.45) is 4.09. The molecular formula is C29H33N4O4. The Labute approximate surface area is 218 Å². The van der Waals surface area contributed by atoms with Gasteiger partial charge >= 0.3 is 6.09 Å². The number of aromatic nitrogens is 1. The molecule has 37 heavy (non-hydrogen) atoms. The molecule has 0 aliphatic carbocycles. The highest BCUT2D eigenvalue weighted by atomic mass is 16.7. The zero-order chi connectivity index (χ0) is 26.4. The monoisotopic (exact) mass is 501 g/mol. The maximum Gasteiger partial charge on any atom is 0.412 e. The van der Waals surface area contributed by atoms with Gasteiger partial charge in [0.1, 0.15) is 11.8 Å². The number of pyridine rings is 1. The number of amides is 2. The van der Waals surface area contributed by atoms with Crippen LogP contribution in [-0.2, 0) is 16.1 Å². The molecule has 1 aliphatic rings. The summed E-state index contributed by atoms with van der Waals surface area (Å²) in [7, 11) is 1.56. The molecule has 4 rings (SSSR count). The largest absolute Gasteiger partial charge is 0.444 e. The van der Waals surface area contributed by atoms with Crippen LogP contribution in [0.5, 0.6) is 0 Å². The molecule has 1 aliphatic heterocycles. The standard InChI is InChI=1S/C29H33N4O4/c1-29(2,3)37-28(35)31-23-19-30-26(33(36-4)20-21-13-7-5-8-14-21)24(22-15-9-6-10-16-22)25(23)27(34)32-17-11-12-18-32/h5-10,13-16H,11-12,17-18,20H2,1-4H3,(H,31,35). The first kappa shape index (κ1) is 26.2. The van der Waals surface area contributed by atoms with Crippen molar-refractivity contribution in [1.29, 1.82) is 0 Å². The lowest BCUT2D eigenvalue weighted by Crippen LogP contribution is -2.32. The molecule has 0 bridgehead atoms. The molecule has 0 saturated carbocycles. The van der Waals surface area contributed by atoms with Crippen molar-refractivity contribution in [3.63, 3.8) is 0 Å². The second-order valence-corrected chi connectivity index (χ2v) is 9.87. The Hall–Kier alpha value is -3.91. The van der Waals surface area contributed by atoms with Gasteiger partial charge in [-0.1, -0.05) is 60.7 Å². The van der Waals surface area contributed by atoms with E-state index in [2.05, 4.69) is 16.5 Å². The Kier molecular flexibility index (Phi) is 8.08. The van der Waals surface area contributed by atoms with Crippen LogP contribution in [0, 0.1) is 6.20 Å². The second-order valence-electron chi connectivity index (χ2n) is 9.87. The van der Waals surface area contributed by atoms with Gasteiger partial charge in [0, 0.05) is 18.7 Å². The number of carbonyl (C=O) groups excluding carboxylic acids is 2. The molecule has 1 fully saturated rings. The number of hydrogen-bond acceptors (Lipinski definition) is 6. The van der Waals surface area contributed by atoms with Gasteiger partial charge in [0.05, 0.1) is 24.9 Å². The Bertz CT molecular complexity index is 1220. The predicted octanol–water partition coefficient (Wildman–Crippen LogP) is 5.70. The number of likely N-dealkylation sites (tertiary alicyclic amines) is 1. The third-order valence-electron chi connectivity index (χ3n) is 5.92. The number of hydroxylamine groups is 1. The minimum atomic E-state index is -0.707. The molecule has 2 aromatic carbocycles. The summed E-state index contributed by atoms with van der Waals surface area (Å²) in [6.45, 7) is 7.04. The average molecular weight is 502 g/mol. The number of nitrogens with one attached hydrogen (secondary N) is 1. The van der Waals surface area contributed by atoms with E-state index in [9.17, 15) is 9.59 Å². The van der Waals surface area contributed by atoms with Gasteiger partial charge in [0.2, 0.25) is 0 Å². The van der Waals surface area contributed by atoms with Crippen molar-refractivity contribution in [2.75, 3.05) is 30.6 Å². The smallest absolute Gasteiger partial charge is 0.412 e. The first-order valence-electron chi connectivity index (χ1n) is 12.4. The van der Waals surface area contributed by atoms with Crippen molar-refractivity contribution < 1.29 is 19.2 Å². The Morgan fingerprint density at radius 2 is 1.65 bits per heavy atom. The van der Waals surface area contributed by atoms with Crippen molar-refractivity contribution in [2.24, 2.45) is 0 Å². The number of benzene rings is 2. The summed E-state index contributed by atoms with van der Waals surface area (Å²) in [5, 5.41) is 4.36. The molecule has 193 valence electrons. The van der Waals surface area contributed by atoms with Gasteiger partial charge in [-0.2, -0.15) is 0 Å². The lowest BCUT2D eigenvalue weighted by molar-refractivity contribution is 0.0636. The lowest BCUT2D eigenvalue weighted by Gasteiger charge is -2.27.